The molecule has 0 atom stereocenters. The Labute approximate surface area is 251 Å². The maximum atomic E-state index is 7.44. The lowest BCUT2D eigenvalue weighted by atomic mass is 9.84. The van der Waals surface area contributed by atoms with Crippen molar-refractivity contribution in [3.8, 4) is 11.5 Å². The van der Waals surface area contributed by atoms with Gasteiger partial charge < -0.3 is 4.74 Å². The first-order valence-electron chi connectivity index (χ1n) is 13.6. The van der Waals surface area contributed by atoms with Gasteiger partial charge in [0.2, 0.25) is 0 Å². The quantitative estimate of drug-likeness (QED) is 0.130. The predicted octanol–water partition coefficient (Wildman–Crippen LogP) is 10.5. The van der Waals surface area contributed by atoms with Crippen LogP contribution in [0.2, 0.25) is 0 Å². The van der Waals surface area contributed by atoms with Gasteiger partial charge in [0, 0.05) is 0 Å². The van der Waals surface area contributed by atoms with Crippen molar-refractivity contribution in [2.45, 2.75) is 9.75 Å². The number of alkyl halides is 2. The van der Waals surface area contributed by atoms with Crippen LogP contribution in [0.5, 0.6) is 11.5 Å². The molecule has 0 saturated carbocycles. The third-order valence-corrected chi connectivity index (χ3v) is 8.74. The molecular weight excluding hydrogens is 543 g/mol. The Morgan fingerprint density at radius 2 is 0.512 bits per heavy atom. The molecule has 6 aromatic rings. The molecule has 6 aromatic carbocycles. The molecular formula is C38H28Cl2O. The summed E-state index contributed by atoms with van der Waals surface area (Å²) in [7, 11) is 0. The summed E-state index contributed by atoms with van der Waals surface area (Å²) < 4.78 is 6.25. The van der Waals surface area contributed by atoms with E-state index in [0.717, 1.165) is 44.9 Å². The van der Waals surface area contributed by atoms with Crippen LogP contribution >= 0.6 is 23.2 Å². The standard InChI is InChI=1S/C38H28Cl2O/c39-37(29-13-5-1-6-14-29,30-15-7-2-8-16-30)33-21-25-35(26-22-33)41-36-27-23-34(24-28-36)38(40,31-17-9-3-10-18-31)32-19-11-4-12-20-32/h1-28H. The van der Waals surface area contributed by atoms with Crippen molar-refractivity contribution >= 4 is 23.2 Å². The molecule has 0 radical (unpaired) electrons. The van der Waals surface area contributed by atoms with Gasteiger partial charge in [0.05, 0.1) is 0 Å². The highest BCUT2D eigenvalue weighted by Crippen LogP contribution is 2.45. The second kappa shape index (κ2) is 11.7. The van der Waals surface area contributed by atoms with Crippen molar-refractivity contribution < 1.29 is 4.74 Å². The molecule has 3 heteroatoms. The fourth-order valence-corrected chi connectivity index (χ4v) is 6.07. The second-order valence-electron chi connectivity index (χ2n) is 9.93. The van der Waals surface area contributed by atoms with E-state index in [1.54, 1.807) is 0 Å². The Kier molecular flexibility index (Phi) is 7.65. The molecule has 200 valence electrons. The van der Waals surface area contributed by atoms with E-state index >= 15 is 0 Å². The monoisotopic (exact) mass is 570 g/mol. The van der Waals surface area contributed by atoms with Crippen molar-refractivity contribution in [3.63, 3.8) is 0 Å². The maximum absolute atomic E-state index is 7.44. The first kappa shape index (κ1) is 26.9. The normalized spacial score (nSPS) is 11.7. The number of hydrogen-bond acceptors (Lipinski definition) is 1. The molecule has 0 aromatic heterocycles. The Morgan fingerprint density at radius 3 is 0.756 bits per heavy atom. The lowest BCUT2D eigenvalue weighted by molar-refractivity contribution is 0.482. The summed E-state index contributed by atoms with van der Waals surface area (Å²) in [5, 5.41) is 0. The van der Waals surface area contributed by atoms with E-state index in [4.69, 9.17) is 27.9 Å². The summed E-state index contributed by atoms with van der Waals surface area (Å²) in [6.45, 7) is 0. The van der Waals surface area contributed by atoms with E-state index in [-0.39, 0.29) is 0 Å². The summed E-state index contributed by atoms with van der Waals surface area (Å²) in [5.74, 6) is 1.45. The lowest BCUT2D eigenvalue weighted by Crippen LogP contribution is -2.22. The van der Waals surface area contributed by atoms with Crippen molar-refractivity contribution in [2.24, 2.45) is 0 Å². The van der Waals surface area contributed by atoms with Gasteiger partial charge in [0.1, 0.15) is 21.2 Å². The zero-order chi connectivity index (χ0) is 28.1. The topological polar surface area (TPSA) is 9.23 Å². The number of rotatable bonds is 8. The van der Waals surface area contributed by atoms with E-state index < -0.39 is 9.75 Å². The highest BCUT2D eigenvalue weighted by Gasteiger charge is 2.35. The first-order chi connectivity index (χ1) is 20.1. The Morgan fingerprint density at radius 1 is 0.293 bits per heavy atom. The van der Waals surface area contributed by atoms with Crippen molar-refractivity contribution in [1.29, 1.82) is 0 Å². The summed E-state index contributed by atoms with van der Waals surface area (Å²) in [6, 6.07) is 56.6. The number of halogens is 2. The molecule has 0 N–H and O–H groups in total. The first-order valence-corrected chi connectivity index (χ1v) is 14.3. The van der Waals surface area contributed by atoms with E-state index in [2.05, 4.69) is 48.5 Å². The highest BCUT2D eigenvalue weighted by molar-refractivity contribution is 6.28. The van der Waals surface area contributed by atoms with Crippen molar-refractivity contribution in [2.75, 3.05) is 0 Å². The molecule has 0 fully saturated rings. The number of ether oxygens (including phenoxy) is 1. The van der Waals surface area contributed by atoms with Gasteiger partial charge in [0.25, 0.3) is 0 Å². The molecule has 0 saturated heterocycles. The fourth-order valence-electron chi connectivity index (χ4n) is 5.31. The molecule has 0 aliphatic rings. The van der Waals surface area contributed by atoms with Crippen LogP contribution in [0, 0.1) is 0 Å². The summed E-state index contributed by atoms with van der Waals surface area (Å²) in [5.41, 5.74) is 5.99. The smallest absolute Gasteiger partial charge is 0.127 e. The van der Waals surface area contributed by atoms with Crippen LogP contribution < -0.4 is 4.74 Å². The van der Waals surface area contributed by atoms with Gasteiger partial charge in [-0.15, -0.1) is 23.2 Å². The van der Waals surface area contributed by atoms with Crippen LogP contribution in [0.3, 0.4) is 0 Å². The van der Waals surface area contributed by atoms with E-state index in [1.807, 2.05) is 121 Å². The van der Waals surface area contributed by atoms with Gasteiger partial charge in [-0.25, -0.2) is 0 Å². The molecule has 0 heterocycles. The van der Waals surface area contributed by atoms with E-state index in [9.17, 15) is 0 Å². The zero-order valence-corrected chi connectivity index (χ0v) is 23.8. The predicted molar refractivity (Wildman–Crippen MR) is 170 cm³/mol. The molecule has 0 spiro atoms. The van der Waals surface area contributed by atoms with E-state index in [0.29, 0.717) is 0 Å². The molecule has 0 amide bonds. The molecule has 0 bridgehead atoms. The maximum Gasteiger partial charge on any atom is 0.127 e. The van der Waals surface area contributed by atoms with Gasteiger partial charge >= 0.3 is 0 Å². The Bertz CT molecular complexity index is 1470. The summed E-state index contributed by atoms with van der Waals surface area (Å²) >= 11 is 14.9. The molecule has 0 aliphatic carbocycles. The number of hydrogen-bond donors (Lipinski definition) is 0. The average Bonchev–Trinajstić information content (AvgIpc) is 3.06. The number of benzene rings is 6. The molecule has 0 unspecified atom stereocenters. The third kappa shape index (κ3) is 5.27. The summed E-state index contributed by atoms with van der Waals surface area (Å²) in [4.78, 5) is -1.64. The SMILES string of the molecule is ClC(c1ccccc1)(c1ccccc1)c1ccc(Oc2ccc(C(Cl)(c3ccccc3)c3ccccc3)cc2)cc1. The minimum absolute atomic E-state index is 0.727. The van der Waals surface area contributed by atoms with Gasteiger partial charge in [-0.05, 0) is 57.6 Å². The van der Waals surface area contributed by atoms with E-state index in [1.165, 1.54) is 0 Å². The van der Waals surface area contributed by atoms with Gasteiger partial charge in [-0.1, -0.05) is 146 Å². The van der Waals surface area contributed by atoms with Crippen molar-refractivity contribution in [3.05, 3.63) is 203 Å². The van der Waals surface area contributed by atoms with Gasteiger partial charge in [-0.3, -0.25) is 0 Å². The largest absolute Gasteiger partial charge is 0.457 e. The van der Waals surface area contributed by atoms with Crippen molar-refractivity contribution in [1.82, 2.24) is 0 Å². The van der Waals surface area contributed by atoms with Crippen LogP contribution in [0.4, 0.5) is 0 Å². The zero-order valence-electron chi connectivity index (χ0n) is 22.3. The molecule has 41 heavy (non-hydrogen) atoms. The van der Waals surface area contributed by atoms with Gasteiger partial charge in [0.15, 0.2) is 0 Å². The fraction of sp³-hybridized carbons (Fsp3) is 0.0526. The minimum Gasteiger partial charge on any atom is -0.457 e. The van der Waals surface area contributed by atoms with Crippen LogP contribution in [0.1, 0.15) is 33.4 Å². The third-order valence-electron chi connectivity index (χ3n) is 7.43. The van der Waals surface area contributed by atoms with Crippen LogP contribution in [0.15, 0.2) is 170 Å². The minimum atomic E-state index is -0.818. The average molecular weight is 572 g/mol. The summed E-state index contributed by atoms with van der Waals surface area (Å²) in [6.07, 6.45) is 0. The Balaban J connectivity index is 1.28. The highest BCUT2D eigenvalue weighted by atomic mass is 35.5. The van der Waals surface area contributed by atoms with Crippen LogP contribution in [0.25, 0.3) is 0 Å². The van der Waals surface area contributed by atoms with Crippen LogP contribution in [-0.2, 0) is 9.75 Å². The second-order valence-corrected chi connectivity index (χ2v) is 11.1. The molecule has 0 aliphatic heterocycles. The van der Waals surface area contributed by atoms with Crippen LogP contribution in [-0.4, -0.2) is 0 Å². The van der Waals surface area contributed by atoms with Gasteiger partial charge in [-0.2, -0.15) is 0 Å². The molecule has 1 nitrogen and oxygen atoms in total. The Hall–Kier alpha value is -4.30. The molecule has 6 rings (SSSR count). The lowest BCUT2D eigenvalue weighted by Gasteiger charge is -2.29.